The maximum Gasteiger partial charge on any atom is 0.0623 e. The number of unbranched alkanes of at least 4 members (excludes halogenated alkanes) is 4. The molecular weight excluding hydrogens is 214 g/mol. The summed E-state index contributed by atoms with van der Waals surface area (Å²) in [5.41, 5.74) is 0. The van der Waals surface area contributed by atoms with Crippen LogP contribution in [0.2, 0.25) is 0 Å². The van der Waals surface area contributed by atoms with Crippen molar-refractivity contribution in [3.8, 4) is 0 Å². The van der Waals surface area contributed by atoms with Crippen LogP contribution in [0.15, 0.2) is 0 Å². The van der Waals surface area contributed by atoms with Gasteiger partial charge in [-0.25, -0.2) is 0 Å². The van der Waals surface area contributed by atoms with Gasteiger partial charge >= 0.3 is 0 Å². The molecule has 17 heavy (non-hydrogen) atoms. The van der Waals surface area contributed by atoms with Gasteiger partial charge in [-0.3, -0.25) is 0 Å². The van der Waals surface area contributed by atoms with Gasteiger partial charge in [0, 0.05) is 25.2 Å². The van der Waals surface area contributed by atoms with Crippen LogP contribution in [0.5, 0.6) is 0 Å². The van der Waals surface area contributed by atoms with E-state index in [-0.39, 0.29) is 0 Å². The van der Waals surface area contributed by atoms with E-state index in [0.717, 1.165) is 26.4 Å². The molecule has 1 aliphatic heterocycles. The van der Waals surface area contributed by atoms with E-state index in [1.165, 1.54) is 38.5 Å². The topological polar surface area (TPSA) is 30.5 Å². The van der Waals surface area contributed by atoms with Gasteiger partial charge in [-0.05, 0) is 19.9 Å². The van der Waals surface area contributed by atoms with Gasteiger partial charge in [0.15, 0.2) is 0 Å². The van der Waals surface area contributed by atoms with Gasteiger partial charge in [0.1, 0.15) is 0 Å². The molecule has 1 heterocycles. The number of likely N-dealkylation sites (N-methyl/N-ethyl adjacent to an activating group) is 1. The van der Waals surface area contributed by atoms with E-state index in [9.17, 15) is 0 Å². The average molecular weight is 243 g/mol. The summed E-state index contributed by atoms with van der Waals surface area (Å²) in [4.78, 5) is 0. The summed E-state index contributed by atoms with van der Waals surface area (Å²) in [5, 5.41) is 3.35. The third-order valence-electron chi connectivity index (χ3n) is 3.59. The second kappa shape index (κ2) is 9.86. The van der Waals surface area contributed by atoms with Crippen LogP contribution in [0.25, 0.3) is 0 Å². The SMILES string of the molecule is CCCCCCCOCC(NC)C1CCOC1. The Bertz CT molecular complexity index is 170. The molecule has 0 amide bonds. The van der Waals surface area contributed by atoms with Crippen molar-refractivity contribution in [2.75, 3.05) is 33.5 Å². The Hall–Kier alpha value is -0.120. The summed E-state index contributed by atoms with van der Waals surface area (Å²) in [7, 11) is 2.02. The predicted octanol–water partition coefficient (Wildman–Crippen LogP) is 2.60. The molecule has 0 radical (unpaired) electrons. The fourth-order valence-electron chi connectivity index (χ4n) is 2.34. The molecule has 0 bridgehead atoms. The highest BCUT2D eigenvalue weighted by Gasteiger charge is 2.24. The minimum absolute atomic E-state index is 0.466. The fraction of sp³-hybridized carbons (Fsp3) is 1.00. The van der Waals surface area contributed by atoms with Gasteiger partial charge < -0.3 is 14.8 Å². The predicted molar refractivity (Wildman–Crippen MR) is 71.4 cm³/mol. The standard InChI is InChI=1S/C14H29NO2/c1-3-4-5-6-7-9-16-12-14(15-2)13-8-10-17-11-13/h13-15H,3-12H2,1-2H3. The van der Waals surface area contributed by atoms with Gasteiger partial charge in [0.2, 0.25) is 0 Å². The van der Waals surface area contributed by atoms with Crippen molar-refractivity contribution in [2.45, 2.75) is 51.5 Å². The van der Waals surface area contributed by atoms with E-state index >= 15 is 0 Å². The van der Waals surface area contributed by atoms with Crippen LogP contribution in [0.3, 0.4) is 0 Å². The molecule has 0 aromatic rings. The van der Waals surface area contributed by atoms with Gasteiger partial charge in [0.25, 0.3) is 0 Å². The molecule has 0 aliphatic carbocycles. The first-order chi connectivity index (χ1) is 8.38. The highest BCUT2D eigenvalue weighted by Crippen LogP contribution is 2.16. The molecule has 3 heteroatoms. The Morgan fingerprint density at radius 1 is 1.29 bits per heavy atom. The van der Waals surface area contributed by atoms with Crippen LogP contribution in [0.4, 0.5) is 0 Å². The van der Waals surface area contributed by atoms with E-state index < -0.39 is 0 Å². The molecule has 2 atom stereocenters. The van der Waals surface area contributed by atoms with Crippen LogP contribution in [-0.2, 0) is 9.47 Å². The molecule has 0 spiro atoms. The van der Waals surface area contributed by atoms with Gasteiger partial charge in [0.05, 0.1) is 13.2 Å². The molecule has 1 N–H and O–H groups in total. The van der Waals surface area contributed by atoms with Crippen molar-refractivity contribution >= 4 is 0 Å². The molecule has 0 aromatic heterocycles. The van der Waals surface area contributed by atoms with Gasteiger partial charge in [-0.2, -0.15) is 0 Å². The van der Waals surface area contributed by atoms with Crippen LogP contribution in [0.1, 0.15) is 45.4 Å². The molecule has 1 rings (SSSR count). The van der Waals surface area contributed by atoms with Crippen molar-refractivity contribution in [2.24, 2.45) is 5.92 Å². The van der Waals surface area contributed by atoms with Crippen molar-refractivity contribution < 1.29 is 9.47 Å². The first-order valence-corrected chi connectivity index (χ1v) is 7.21. The summed E-state index contributed by atoms with van der Waals surface area (Å²) in [6.07, 6.45) is 7.71. The second-order valence-electron chi connectivity index (χ2n) is 5.01. The summed E-state index contributed by atoms with van der Waals surface area (Å²) in [6.45, 7) is 5.80. The zero-order valence-electron chi connectivity index (χ0n) is 11.5. The lowest BCUT2D eigenvalue weighted by Crippen LogP contribution is -2.38. The number of ether oxygens (including phenoxy) is 2. The molecule has 2 unspecified atom stereocenters. The Morgan fingerprint density at radius 2 is 2.12 bits per heavy atom. The number of hydrogen-bond acceptors (Lipinski definition) is 3. The third-order valence-corrected chi connectivity index (χ3v) is 3.59. The first kappa shape index (κ1) is 14.9. The zero-order chi connectivity index (χ0) is 12.3. The minimum atomic E-state index is 0.466. The summed E-state index contributed by atoms with van der Waals surface area (Å²) < 4.78 is 11.2. The average Bonchev–Trinajstić information content (AvgIpc) is 2.86. The third kappa shape index (κ3) is 6.39. The normalized spacial score (nSPS) is 21.9. The largest absolute Gasteiger partial charge is 0.381 e. The van der Waals surface area contributed by atoms with Crippen LogP contribution in [0, 0.1) is 5.92 Å². The van der Waals surface area contributed by atoms with Gasteiger partial charge in [-0.1, -0.05) is 32.6 Å². The molecule has 1 aliphatic rings. The smallest absolute Gasteiger partial charge is 0.0623 e. The highest BCUT2D eigenvalue weighted by molar-refractivity contribution is 4.77. The molecule has 0 saturated carbocycles. The number of hydrogen-bond donors (Lipinski definition) is 1. The summed E-state index contributed by atoms with van der Waals surface area (Å²) >= 11 is 0. The van der Waals surface area contributed by atoms with Gasteiger partial charge in [-0.15, -0.1) is 0 Å². The molecule has 0 aromatic carbocycles. The molecule has 1 fully saturated rings. The first-order valence-electron chi connectivity index (χ1n) is 7.21. The molecule has 102 valence electrons. The number of nitrogens with one attached hydrogen (secondary N) is 1. The summed E-state index contributed by atoms with van der Waals surface area (Å²) in [6, 6.07) is 0.466. The van der Waals surface area contributed by atoms with Crippen LogP contribution >= 0.6 is 0 Å². The van der Waals surface area contributed by atoms with E-state index in [2.05, 4.69) is 12.2 Å². The minimum Gasteiger partial charge on any atom is -0.381 e. The molecular formula is C14H29NO2. The Labute approximate surface area is 106 Å². The van der Waals surface area contributed by atoms with E-state index in [0.29, 0.717) is 12.0 Å². The van der Waals surface area contributed by atoms with Crippen LogP contribution < -0.4 is 5.32 Å². The summed E-state index contributed by atoms with van der Waals surface area (Å²) in [5.74, 6) is 0.639. The lowest BCUT2D eigenvalue weighted by atomic mass is 10.00. The van der Waals surface area contributed by atoms with Crippen molar-refractivity contribution in [1.82, 2.24) is 5.32 Å². The quantitative estimate of drug-likeness (QED) is 0.598. The lowest BCUT2D eigenvalue weighted by Gasteiger charge is -2.21. The lowest BCUT2D eigenvalue weighted by molar-refractivity contribution is 0.0871. The molecule has 3 nitrogen and oxygen atoms in total. The molecule has 1 saturated heterocycles. The van der Waals surface area contributed by atoms with Crippen molar-refractivity contribution in [3.63, 3.8) is 0 Å². The zero-order valence-corrected chi connectivity index (χ0v) is 11.5. The Kier molecular flexibility index (Phi) is 8.67. The maximum atomic E-state index is 5.76. The number of rotatable bonds is 10. The van der Waals surface area contributed by atoms with E-state index in [1.54, 1.807) is 0 Å². The van der Waals surface area contributed by atoms with E-state index in [4.69, 9.17) is 9.47 Å². The van der Waals surface area contributed by atoms with Crippen LogP contribution in [-0.4, -0.2) is 39.5 Å². The monoisotopic (exact) mass is 243 g/mol. The maximum absolute atomic E-state index is 5.76. The van der Waals surface area contributed by atoms with E-state index in [1.807, 2.05) is 7.05 Å². The Balaban J connectivity index is 1.96. The van der Waals surface area contributed by atoms with Crippen molar-refractivity contribution in [3.05, 3.63) is 0 Å². The highest BCUT2D eigenvalue weighted by atomic mass is 16.5. The van der Waals surface area contributed by atoms with Crippen molar-refractivity contribution in [1.29, 1.82) is 0 Å². The fourth-order valence-corrected chi connectivity index (χ4v) is 2.34. The Morgan fingerprint density at radius 3 is 2.76 bits per heavy atom. The second-order valence-corrected chi connectivity index (χ2v) is 5.01.